The molecule has 4 nitrogen and oxygen atoms in total. The van der Waals surface area contributed by atoms with Crippen molar-refractivity contribution in [3.8, 4) is 0 Å². The van der Waals surface area contributed by atoms with Crippen molar-refractivity contribution in [3.63, 3.8) is 0 Å². The number of nitrogens with two attached hydrogens (primary N) is 1. The van der Waals surface area contributed by atoms with Gasteiger partial charge in [0.25, 0.3) is 0 Å². The molecule has 0 atom stereocenters. The molecule has 0 aliphatic carbocycles. The average Bonchev–Trinajstić information content (AvgIpc) is 2.88. The third kappa shape index (κ3) is 3.72. The van der Waals surface area contributed by atoms with Crippen LogP contribution < -0.4 is 10.6 Å². The van der Waals surface area contributed by atoms with Crippen LogP contribution in [0, 0.1) is 0 Å². The molecule has 2 rings (SSSR count). The van der Waals surface area contributed by atoms with Crippen LogP contribution >= 0.6 is 11.3 Å². The van der Waals surface area contributed by atoms with Gasteiger partial charge in [-0.2, -0.15) is 11.3 Å². The molecule has 0 spiro atoms. The molecule has 1 aromatic heterocycles. The van der Waals surface area contributed by atoms with Gasteiger partial charge in [-0.25, -0.2) is 0 Å². The number of nitrogens with zero attached hydrogens (tertiary/aromatic N) is 1. The van der Waals surface area contributed by atoms with Gasteiger partial charge >= 0.3 is 5.97 Å². The van der Waals surface area contributed by atoms with Crippen molar-refractivity contribution in [1.29, 1.82) is 0 Å². The number of thiophene rings is 1. The average molecular weight is 276 g/mol. The molecule has 0 radical (unpaired) electrons. The van der Waals surface area contributed by atoms with E-state index in [2.05, 4.69) is 5.38 Å². The number of benzene rings is 1. The number of anilines is 2. The minimum Gasteiger partial charge on any atom is -0.481 e. The van der Waals surface area contributed by atoms with Crippen LogP contribution in [0.25, 0.3) is 0 Å². The van der Waals surface area contributed by atoms with Crippen LogP contribution in [-0.4, -0.2) is 17.6 Å². The fourth-order valence-electron chi connectivity index (χ4n) is 1.89. The molecule has 1 heterocycles. The van der Waals surface area contributed by atoms with Crippen LogP contribution in [0.3, 0.4) is 0 Å². The first kappa shape index (κ1) is 13.4. The summed E-state index contributed by atoms with van der Waals surface area (Å²) in [5.41, 5.74) is 8.69. The van der Waals surface area contributed by atoms with Gasteiger partial charge in [0.2, 0.25) is 0 Å². The molecular formula is C14H16N2O2S. The zero-order chi connectivity index (χ0) is 13.7. The van der Waals surface area contributed by atoms with Crippen LogP contribution in [0.2, 0.25) is 0 Å². The summed E-state index contributed by atoms with van der Waals surface area (Å²) in [6.07, 6.45) is 0.0957. The zero-order valence-electron chi connectivity index (χ0n) is 10.5. The van der Waals surface area contributed by atoms with E-state index in [4.69, 9.17) is 10.8 Å². The van der Waals surface area contributed by atoms with Crippen LogP contribution in [-0.2, 0) is 11.3 Å². The number of carboxylic acids is 1. The summed E-state index contributed by atoms with van der Waals surface area (Å²) in [4.78, 5) is 12.8. The number of aliphatic carboxylic acids is 1. The van der Waals surface area contributed by atoms with Crippen LogP contribution in [0.4, 0.5) is 11.4 Å². The van der Waals surface area contributed by atoms with Gasteiger partial charge in [-0.05, 0) is 34.5 Å². The van der Waals surface area contributed by atoms with Crippen molar-refractivity contribution >= 4 is 28.7 Å². The smallest absolute Gasteiger partial charge is 0.305 e. The lowest BCUT2D eigenvalue weighted by Gasteiger charge is -2.25. The summed E-state index contributed by atoms with van der Waals surface area (Å²) in [7, 11) is 0. The fraction of sp³-hybridized carbons (Fsp3) is 0.214. The standard InChI is InChI=1S/C14H16N2O2S/c15-12-3-1-2-4-13(12)16(7-5-14(17)18)9-11-6-8-19-10-11/h1-4,6,8,10H,5,7,9,15H2,(H,17,18). The van der Waals surface area contributed by atoms with E-state index in [1.807, 2.05) is 40.6 Å². The van der Waals surface area contributed by atoms with Crippen LogP contribution in [0.15, 0.2) is 41.1 Å². The Bertz CT molecular complexity index is 540. The fourth-order valence-corrected chi connectivity index (χ4v) is 2.55. The van der Waals surface area contributed by atoms with E-state index in [0.29, 0.717) is 18.8 Å². The number of nitrogen functional groups attached to an aromatic ring is 1. The summed E-state index contributed by atoms with van der Waals surface area (Å²) in [5.74, 6) is -0.801. The molecule has 0 saturated carbocycles. The monoisotopic (exact) mass is 276 g/mol. The minimum absolute atomic E-state index is 0.0957. The van der Waals surface area contributed by atoms with E-state index in [0.717, 1.165) is 5.69 Å². The third-order valence-corrected chi connectivity index (χ3v) is 3.56. The highest BCUT2D eigenvalue weighted by Crippen LogP contribution is 2.25. The van der Waals surface area contributed by atoms with E-state index in [-0.39, 0.29) is 6.42 Å². The van der Waals surface area contributed by atoms with E-state index in [9.17, 15) is 4.79 Å². The molecule has 0 amide bonds. The maximum Gasteiger partial charge on any atom is 0.305 e. The third-order valence-electron chi connectivity index (χ3n) is 2.83. The summed E-state index contributed by atoms with van der Waals surface area (Å²) in [6, 6.07) is 9.57. The highest BCUT2D eigenvalue weighted by atomic mass is 32.1. The zero-order valence-corrected chi connectivity index (χ0v) is 11.3. The van der Waals surface area contributed by atoms with E-state index in [1.165, 1.54) is 5.56 Å². The highest BCUT2D eigenvalue weighted by Gasteiger charge is 2.12. The Morgan fingerprint density at radius 2 is 2.11 bits per heavy atom. The molecule has 0 aliphatic rings. The number of carbonyl (C=O) groups is 1. The van der Waals surface area contributed by atoms with Gasteiger partial charge in [-0.1, -0.05) is 12.1 Å². The first-order valence-corrected chi connectivity index (χ1v) is 6.93. The van der Waals surface area contributed by atoms with Crippen molar-refractivity contribution < 1.29 is 9.90 Å². The summed E-state index contributed by atoms with van der Waals surface area (Å²) >= 11 is 1.63. The van der Waals surface area contributed by atoms with E-state index in [1.54, 1.807) is 11.3 Å². The van der Waals surface area contributed by atoms with Gasteiger partial charge in [0.1, 0.15) is 0 Å². The predicted molar refractivity (Wildman–Crippen MR) is 78.5 cm³/mol. The Morgan fingerprint density at radius 1 is 1.32 bits per heavy atom. The maximum atomic E-state index is 10.8. The number of para-hydroxylation sites is 2. The Balaban J connectivity index is 2.18. The Kier molecular flexibility index (Phi) is 4.41. The minimum atomic E-state index is -0.801. The molecule has 19 heavy (non-hydrogen) atoms. The molecule has 0 fully saturated rings. The molecule has 2 aromatic rings. The quantitative estimate of drug-likeness (QED) is 0.796. The van der Waals surface area contributed by atoms with Crippen molar-refractivity contribution in [1.82, 2.24) is 0 Å². The predicted octanol–water partition coefficient (Wildman–Crippen LogP) is 2.81. The summed E-state index contributed by atoms with van der Waals surface area (Å²) in [6.45, 7) is 1.12. The normalized spacial score (nSPS) is 10.3. The molecular weight excluding hydrogens is 260 g/mol. The Morgan fingerprint density at radius 3 is 2.74 bits per heavy atom. The second-order valence-corrected chi connectivity index (χ2v) is 5.04. The first-order chi connectivity index (χ1) is 9.16. The molecule has 0 aliphatic heterocycles. The van der Waals surface area contributed by atoms with Gasteiger partial charge in [0.05, 0.1) is 17.8 Å². The van der Waals surface area contributed by atoms with Gasteiger partial charge in [-0.3, -0.25) is 4.79 Å². The first-order valence-electron chi connectivity index (χ1n) is 5.99. The van der Waals surface area contributed by atoms with Gasteiger partial charge in [0, 0.05) is 13.1 Å². The summed E-state index contributed by atoms with van der Waals surface area (Å²) < 4.78 is 0. The van der Waals surface area contributed by atoms with Crippen molar-refractivity contribution in [2.24, 2.45) is 0 Å². The van der Waals surface area contributed by atoms with Gasteiger partial charge in [0.15, 0.2) is 0 Å². The Labute approximate surface area is 116 Å². The largest absolute Gasteiger partial charge is 0.481 e. The lowest BCUT2D eigenvalue weighted by molar-refractivity contribution is -0.136. The van der Waals surface area contributed by atoms with E-state index >= 15 is 0 Å². The van der Waals surface area contributed by atoms with Crippen molar-refractivity contribution in [3.05, 3.63) is 46.7 Å². The second-order valence-electron chi connectivity index (χ2n) is 4.26. The summed E-state index contributed by atoms with van der Waals surface area (Å²) in [5, 5.41) is 12.9. The van der Waals surface area contributed by atoms with Crippen LogP contribution in [0.5, 0.6) is 0 Å². The maximum absolute atomic E-state index is 10.8. The van der Waals surface area contributed by atoms with Gasteiger partial charge < -0.3 is 15.7 Å². The van der Waals surface area contributed by atoms with Crippen molar-refractivity contribution in [2.45, 2.75) is 13.0 Å². The number of hydrogen-bond acceptors (Lipinski definition) is 4. The molecule has 100 valence electrons. The molecule has 5 heteroatoms. The lowest BCUT2D eigenvalue weighted by atomic mass is 10.2. The lowest BCUT2D eigenvalue weighted by Crippen LogP contribution is -2.26. The number of hydrogen-bond donors (Lipinski definition) is 2. The van der Waals surface area contributed by atoms with Gasteiger partial charge in [-0.15, -0.1) is 0 Å². The second kappa shape index (κ2) is 6.24. The molecule has 0 saturated heterocycles. The molecule has 1 aromatic carbocycles. The molecule has 0 bridgehead atoms. The number of rotatable bonds is 6. The SMILES string of the molecule is Nc1ccccc1N(CCC(=O)O)Cc1ccsc1. The molecule has 0 unspecified atom stereocenters. The number of carboxylic acid groups (broad SMARTS) is 1. The van der Waals surface area contributed by atoms with Crippen LogP contribution in [0.1, 0.15) is 12.0 Å². The topological polar surface area (TPSA) is 66.6 Å². The Hall–Kier alpha value is -2.01. The highest BCUT2D eigenvalue weighted by molar-refractivity contribution is 7.07. The van der Waals surface area contributed by atoms with Crippen molar-refractivity contribution in [2.75, 3.05) is 17.2 Å². The van der Waals surface area contributed by atoms with E-state index < -0.39 is 5.97 Å². The molecule has 3 N–H and O–H groups in total.